The first-order valence-corrected chi connectivity index (χ1v) is 3.17. The molecule has 9 heavy (non-hydrogen) atoms. The Bertz CT molecular complexity index is 120. The minimum Gasteiger partial charge on any atom is -0.545 e. The SMILES string of the molecule is C=C(CCCCl)C(=O)[O-]. The summed E-state index contributed by atoms with van der Waals surface area (Å²) in [5, 5.41) is 9.95. The van der Waals surface area contributed by atoms with Crippen molar-refractivity contribution < 1.29 is 9.90 Å². The first kappa shape index (κ1) is 8.50. The zero-order chi connectivity index (χ0) is 7.28. The summed E-state index contributed by atoms with van der Waals surface area (Å²) in [5.41, 5.74) is 0.121. The summed E-state index contributed by atoms with van der Waals surface area (Å²) < 4.78 is 0. The molecule has 0 atom stereocenters. The Morgan fingerprint density at radius 1 is 1.67 bits per heavy atom. The minimum atomic E-state index is -1.18. The maximum absolute atomic E-state index is 9.95. The van der Waals surface area contributed by atoms with Crippen molar-refractivity contribution in [2.45, 2.75) is 12.8 Å². The first-order valence-electron chi connectivity index (χ1n) is 2.63. The highest BCUT2D eigenvalue weighted by atomic mass is 35.5. The molecule has 3 heteroatoms. The molecule has 0 aliphatic heterocycles. The molecule has 0 rings (SSSR count). The lowest BCUT2D eigenvalue weighted by molar-refractivity contribution is -0.299. The molecule has 0 saturated carbocycles. The molecule has 0 fully saturated rings. The van der Waals surface area contributed by atoms with E-state index in [2.05, 4.69) is 6.58 Å². The number of carboxylic acid groups (broad SMARTS) is 1. The highest BCUT2D eigenvalue weighted by Gasteiger charge is 1.92. The lowest BCUT2D eigenvalue weighted by Crippen LogP contribution is -2.23. The molecule has 0 spiro atoms. The van der Waals surface area contributed by atoms with Crippen LogP contribution in [0.2, 0.25) is 0 Å². The molecule has 0 amide bonds. The van der Waals surface area contributed by atoms with Gasteiger partial charge >= 0.3 is 0 Å². The van der Waals surface area contributed by atoms with Gasteiger partial charge in [0.15, 0.2) is 0 Å². The Balaban J connectivity index is 3.39. The van der Waals surface area contributed by atoms with Crippen LogP contribution in [0, 0.1) is 0 Å². The van der Waals surface area contributed by atoms with Crippen LogP contribution < -0.4 is 5.11 Å². The summed E-state index contributed by atoms with van der Waals surface area (Å²) in [4.78, 5) is 9.95. The standard InChI is InChI=1S/C6H9ClO2/c1-5(6(8)9)3-2-4-7/h1-4H2,(H,8,9)/p-1. The summed E-state index contributed by atoms with van der Waals surface area (Å²) in [6.07, 6.45) is 1.07. The largest absolute Gasteiger partial charge is 0.545 e. The van der Waals surface area contributed by atoms with E-state index in [0.717, 1.165) is 0 Å². The molecule has 0 heterocycles. The van der Waals surface area contributed by atoms with E-state index in [1.165, 1.54) is 0 Å². The zero-order valence-corrected chi connectivity index (χ0v) is 5.78. The third-order valence-corrected chi connectivity index (χ3v) is 1.17. The van der Waals surface area contributed by atoms with Gasteiger partial charge < -0.3 is 9.90 Å². The van der Waals surface area contributed by atoms with Crippen LogP contribution in [0.3, 0.4) is 0 Å². The third-order valence-electron chi connectivity index (χ3n) is 0.901. The van der Waals surface area contributed by atoms with E-state index in [1.807, 2.05) is 0 Å². The number of carboxylic acids is 1. The average Bonchev–Trinajstić information content (AvgIpc) is 1.82. The second-order valence-electron chi connectivity index (χ2n) is 1.68. The van der Waals surface area contributed by atoms with Crippen molar-refractivity contribution in [3.63, 3.8) is 0 Å². The summed E-state index contributed by atoms with van der Waals surface area (Å²) >= 11 is 5.30. The van der Waals surface area contributed by atoms with Crippen LogP contribution in [0.1, 0.15) is 12.8 Å². The monoisotopic (exact) mass is 147 g/mol. The highest BCUT2D eigenvalue weighted by molar-refractivity contribution is 6.17. The molecule has 0 aromatic carbocycles. The quantitative estimate of drug-likeness (QED) is 0.424. The van der Waals surface area contributed by atoms with E-state index < -0.39 is 5.97 Å². The zero-order valence-electron chi connectivity index (χ0n) is 5.02. The molecule has 0 aliphatic rings. The van der Waals surface area contributed by atoms with Crippen molar-refractivity contribution in [1.29, 1.82) is 0 Å². The van der Waals surface area contributed by atoms with E-state index >= 15 is 0 Å². The van der Waals surface area contributed by atoms with Gasteiger partial charge in [-0.05, 0) is 18.4 Å². The maximum Gasteiger partial charge on any atom is 0.0668 e. The van der Waals surface area contributed by atoms with Gasteiger partial charge in [-0.2, -0.15) is 0 Å². The Hall–Kier alpha value is -0.500. The molecule has 52 valence electrons. The van der Waals surface area contributed by atoms with Gasteiger partial charge in [-0.3, -0.25) is 0 Å². The molecule has 0 radical (unpaired) electrons. The van der Waals surface area contributed by atoms with Crippen molar-refractivity contribution in [3.05, 3.63) is 12.2 Å². The molecule has 0 bridgehead atoms. The van der Waals surface area contributed by atoms with Crippen molar-refractivity contribution in [1.82, 2.24) is 0 Å². The first-order chi connectivity index (χ1) is 4.18. The summed E-state index contributed by atoms with van der Waals surface area (Å²) in [6.45, 7) is 3.27. The summed E-state index contributed by atoms with van der Waals surface area (Å²) in [7, 11) is 0. The Morgan fingerprint density at radius 2 is 2.22 bits per heavy atom. The number of hydrogen-bond acceptors (Lipinski definition) is 2. The molecule has 0 aromatic rings. The fraction of sp³-hybridized carbons (Fsp3) is 0.500. The molecule has 0 saturated heterocycles. The van der Waals surface area contributed by atoms with Gasteiger partial charge in [-0.1, -0.05) is 6.58 Å². The average molecular weight is 148 g/mol. The normalized spacial score (nSPS) is 9.00. The highest BCUT2D eigenvalue weighted by Crippen LogP contribution is 2.01. The molecule has 0 N–H and O–H groups in total. The maximum atomic E-state index is 9.95. The number of rotatable bonds is 4. The van der Waals surface area contributed by atoms with Crippen molar-refractivity contribution in [2.24, 2.45) is 0 Å². The van der Waals surface area contributed by atoms with Crippen LogP contribution in [0.15, 0.2) is 12.2 Å². The van der Waals surface area contributed by atoms with Gasteiger partial charge in [0.1, 0.15) is 0 Å². The van der Waals surface area contributed by atoms with Gasteiger partial charge in [0.05, 0.1) is 5.97 Å². The predicted octanol–water partition coefficient (Wildman–Crippen LogP) is 0.311. The lowest BCUT2D eigenvalue weighted by Gasteiger charge is -2.02. The van der Waals surface area contributed by atoms with Gasteiger partial charge in [-0.15, -0.1) is 11.6 Å². The minimum absolute atomic E-state index is 0.121. The van der Waals surface area contributed by atoms with E-state index in [-0.39, 0.29) is 5.57 Å². The number of aliphatic carboxylic acids is 1. The van der Waals surface area contributed by atoms with Crippen molar-refractivity contribution in [2.75, 3.05) is 5.88 Å². The van der Waals surface area contributed by atoms with Gasteiger partial charge in [0.25, 0.3) is 0 Å². The van der Waals surface area contributed by atoms with E-state index in [1.54, 1.807) is 0 Å². The van der Waals surface area contributed by atoms with Crippen LogP contribution in [0.4, 0.5) is 0 Å². The fourth-order valence-corrected chi connectivity index (χ4v) is 0.516. The van der Waals surface area contributed by atoms with E-state index in [4.69, 9.17) is 11.6 Å². The Kier molecular flexibility index (Phi) is 4.14. The number of carbonyl (C=O) groups is 1. The van der Waals surface area contributed by atoms with Crippen molar-refractivity contribution in [3.8, 4) is 0 Å². The third kappa shape index (κ3) is 4.03. The number of hydrogen-bond donors (Lipinski definition) is 0. The van der Waals surface area contributed by atoms with Crippen LogP contribution in [-0.2, 0) is 4.79 Å². The molecular weight excluding hydrogens is 140 g/mol. The fourth-order valence-electron chi connectivity index (χ4n) is 0.382. The molecular formula is C6H8ClO2-. The van der Waals surface area contributed by atoms with Gasteiger partial charge in [0.2, 0.25) is 0 Å². The second kappa shape index (κ2) is 4.39. The van der Waals surface area contributed by atoms with E-state index in [9.17, 15) is 9.90 Å². The van der Waals surface area contributed by atoms with E-state index in [0.29, 0.717) is 18.7 Å². The number of alkyl halides is 1. The molecule has 0 unspecified atom stereocenters. The molecule has 0 aromatic heterocycles. The number of halogens is 1. The van der Waals surface area contributed by atoms with Crippen LogP contribution in [0.5, 0.6) is 0 Å². The van der Waals surface area contributed by atoms with Crippen LogP contribution in [-0.4, -0.2) is 11.8 Å². The van der Waals surface area contributed by atoms with Gasteiger partial charge in [-0.25, -0.2) is 0 Å². The molecule has 2 nitrogen and oxygen atoms in total. The Morgan fingerprint density at radius 3 is 2.56 bits per heavy atom. The van der Waals surface area contributed by atoms with Crippen LogP contribution >= 0.6 is 11.6 Å². The second-order valence-corrected chi connectivity index (χ2v) is 2.06. The molecule has 0 aliphatic carbocycles. The lowest BCUT2D eigenvalue weighted by atomic mass is 10.2. The van der Waals surface area contributed by atoms with Crippen molar-refractivity contribution >= 4 is 17.6 Å². The Labute approximate surface area is 59.1 Å². The smallest absolute Gasteiger partial charge is 0.0668 e. The van der Waals surface area contributed by atoms with Gasteiger partial charge in [0, 0.05) is 5.88 Å². The summed E-state index contributed by atoms with van der Waals surface area (Å²) in [5.74, 6) is -0.716. The van der Waals surface area contributed by atoms with Crippen LogP contribution in [0.25, 0.3) is 0 Å². The number of carbonyl (C=O) groups excluding carboxylic acids is 1. The predicted molar refractivity (Wildman–Crippen MR) is 34.1 cm³/mol. The topological polar surface area (TPSA) is 40.1 Å². The summed E-state index contributed by atoms with van der Waals surface area (Å²) in [6, 6.07) is 0.